The van der Waals surface area contributed by atoms with Crippen molar-refractivity contribution in [2.45, 2.75) is 0 Å². The van der Waals surface area contributed by atoms with Crippen molar-refractivity contribution in [2.24, 2.45) is 0 Å². The van der Waals surface area contributed by atoms with Crippen molar-refractivity contribution in [3.05, 3.63) is 50.6 Å². The Bertz CT molecular complexity index is 788. The highest BCUT2D eigenvalue weighted by atomic mass is 127. The second-order valence-electron chi connectivity index (χ2n) is 4.02. The van der Waals surface area contributed by atoms with Crippen LogP contribution in [-0.4, -0.2) is 14.7 Å². The number of amides is 1. The topological polar surface area (TPSA) is 54.9 Å². The Hall–Kier alpha value is -1.25. The summed E-state index contributed by atoms with van der Waals surface area (Å²) in [7, 11) is 0. The quantitative estimate of drug-likeness (QED) is 0.638. The van der Waals surface area contributed by atoms with Crippen molar-refractivity contribution in [2.75, 3.05) is 5.32 Å². The Balaban J connectivity index is 1.96. The molecule has 0 saturated carbocycles. The van der Waals surface area contributed by atoms with E-state index in [9.17, 15) is 4.79 Å². The van der Waals surface area contributed by atoms with Crippen molar-refractivity contribution >= 4 is 68.5 Å². The number of carbonyl (C=O) groups excluding carboxylic acids is 1. The molecule has 100 valence electrons. The number of nitrogens with one attached hydrogen (secondary N) is 1. The highest BCUT2D eigenvalue weighted by molar-refractivity contribution is 14.1. The van der Waals surface area contributed by atoms with Crippen molar-refractivity contribution in [3.8, 4) is 0 Å². The van der Waals surface area contributed by atoms with E-state index in [4.69, 9.17) is 11.6 Å². The van der Waals surface area contributed by atoms with Crippen molar-refractivity contribution in [1.82, 2.24) is 8.75 Å². The van der Waals surface area contributed by atoms with Crippen LogP contribution in [0.15, 0.2) is 36.4 Å². The minimum absolute atomic E-state index is 0.219. The second kappa shape index (κ2) is 5.63. The van der Waals surface area contributed by atoms with Gasteiger partial charge in [-0.2, -0.15) is 8.75 Å². The average Bonchev–Trinajstić information content (AvgIpc) is 2.91. The lowest BCUT2D eigenvalue weighted by molar-refractivity contribution is 0.102. The molecule has 0 aliphatic carbocycles. The Kier molecular flexibility index (Phi) is 3.86. The number of hydrogen-bond acceptors (Lipinski definition) is 4. The van der Waals surface area contributed by atoms with Crippen LogP contribution in [0.5, 0.6) is 0 Å². The number of anilines is 1. The van der Waals surface area contributed by atoms with Crippen molar-refractivity contribution in [1.29, 1.82) is 0 Å². The Morgan fingerprint density at radius 3 is 2.65 bits per heavy atom. The van der Waals surface area contributed by atoms with Crippen LogP contribution < -0.4 is 5.32 Å². The standard InChI is InChI=1S/C13H7ClIN3OS/c14-9-5-6-10-12(18-20-17-10)11(9)16-13(19)7-1-3-8(15)4-2-7/h1-6H,(H,16,19). The molecule has 0 saturated heterocycles. The van der Waals surface area contributed by atoms with Gasteiger partial charge in [-0.15, -0.1) is 0 Å². The van der Waals surface area contributed by atoms with E-state index in [2.05, 4.69) is 36.7 Å². The number of nitrogens with zero attached hydrogens (tertiary/aromatic N) is 2. The number of carbonyl (C=O) groups is 1. The molecule has 1 aromatic heterocycles. The maximum atomic E-state index is 12.2. The molecule has 0 atom stereocenters. The Morgan fingerprint density at radius 2 is 1.90 bits per heavy atom. The van der Waals surface area contributed by atoms with Crippen LogP contribution in [0.25, 0.3) is 11.0 Å². The number of rotatable bonds is 2. The first-order chi connectivity index (χ1) is 9.65. The second-order valence-corrected chi connectivity index (χ2v) is 6.20. The van der Waals surface area contributed by atoms with Crippen LogP contribution in [0, 0.1) is 3.57 Å². The SMILES string of the molecule is O=C(Nc1c(Cl)ccc2nsnc12)c1ccc(I)cc1. The molecule has 0 bridgehead atoms. The molecule has 20 heavy (non-hydrogen) atoms. The Morgan fingerprint density at radius 1 is 1.15 bits per heavy atom. The summed E-state index contributed by atoms with van der Waals surface area (Å²) in [5.74, 6) is -0.219. The van der Waals surface area contributed by atoms with Crippen molar-refractivity contribution in [3.63, 3.8) is 0 Å². The van der Waals surface area contributed by atoms with Crippen LogP contribution in [0.3, 0.4) is 0 Å². The Labute approximate surface area is 137 Å². The zero-order chi connectivity index (χ0) is 14.1. The van der Waals surface area contributed by atoms with Gasteiger partial charge in [-0.1, -0.05) is 11.6 Å². The van der Waals surface area contributed by atoms with Gasteiger partial charge in [-0.25, -0.2) is 0 Å². The predicted octanol–water partition coefficient (Wildman–Crippen LogP) is 4.20. The molecule has 0 spiro atoms. The van der Waals surface area contributed by atoms with Crippen molar-refractivity contribution < 1.29 is 4.79 Å². The number of hydrogen-bond donors (Lipinski definition) is 1. The summed E-state index contributed by atoms with van der Waals surface area (Å²) in [6.07, 6.45) is 0. The van der Waals surface area contributed by atoms with Gasteiger partial charge in [0.25, 0.3) is 5.91 Å². The molecule has 1 N–H and O–H groups in total. The van der Waals surface area contributed by atoms with E-state index in [1.165, 1.54) is 0 Å². The summed E-state index contributed by atoms with van der Waals surface area (Å²) in [5, 5.41) is 3.25. The molecule has 4 nitrogen and oxygen atoms in total. The largest absolute Gasteiger partial charge is 0.319 e. The third-order valence-corrected chi connectivity index (χ3v) is 4.30. The minimum atomic E-state index is -0.219. The third kappa shape index (κ3) is 2.63. The van der Waals surface area contributed by atoms with Gasteiger partial charge in [-0.05, 0) is 59.0 Å². The smallest absolute Gasteiger partial charge is 0.255 e. The van der Waals surface area contributed by atoms with Gasteiger partial charge >= 0.3 is 0 Å². The van der Waals surface area contributed by atoms with Crippen LogP contribution in [0.4, 0.5) is 5.69 Å². The number of halogens is 2. The summed E-state index contributed by atoms with van der Waals surface area (Å²) in [6, 6.07) is 10.8. The van der Waals surface area contributed by atoms with E-state index in [-0.39, 0.29) is 5.91 Å². The van der Waals surface area contributed by atoms with E-state index in [1.54, 1.807) is 24.3 Å². The lowest BCUT2D eigenvalue weighted by atomic mass is 10.2. The lowest BCUT2D eigenvalue weighted by Crippen LogP contribution is -2.12. The minimum Gasteiger partial charge on any atom is -0.319 e. The molecule has 0 fully saturated rings. The molecule has 0 aliphatic heterocycles. The van der Waals surface area contributed by atoms with Gasteiger partial charge in [0, 0.05) is 9.13 Å². The molecular weight excluding hydrogens is 409 g/mol. The third-order valence-electron chi connectivity index (χ3n) is 2.72. The fourth-order valence-electron chi connectivity index (χ4n) is 1.73. The van der Waals surface area contributed by atoms with Gasteiger partial charge in [0.2, 0.25) is 0 Å². The molecule has 0 aliphatic rings. The van der Waals surface area contributed by atoms with E-state index >= 15 is 0 Å². The van der Waals surface area contributed by atoms with Gasteiger partial charge in [0.1, 0.15) is 11.0 Å². The van der Waals surface area contributed by atoms with Gasteiger partial charge in [0.05, 0.1) is 22.4 Å². The molecule has 3 aromatic rings. The predicted molar refractivity (Wildman–Crippen MR) is 89.5 cm³/mol. The van der Waals surface area contributed by atoms with E-state index in [1.807, 2.05) is 12.1 Å². The van der Waals surface area contributed by atoms with E-state index < -0.39 is 0 Å². The summed E-state index contributed by atoms with van der Waals surface area (Å²) < 4.78 is 9.37. The maximum absolute atomic E-state index is 12.2. The summed E-state index contributed by atoms with van der Waals surface area (Å²) >= 11 is 9.42. The molecule has 1 heterocycles. The fraction of sp³-hybridized carbons (Fsp3) is 0. The molecule has 3 rings (SSSR count). The highest BCUT2D eigenvalue weighted by Crippen LogP contribution is 2.30. The highest BCUT2D eigenvalue weighted by Gasteiger charge is 2.14. The average molecular weight is 416 g/mol. The molecule has 2 aromatic carbocycles. The lowest BCUT2D eigenvalue weighted by Gasteiger charge is -2.07. The first-order valence-electron chi connectivity index (χ1n) is 5.63. The van der Waals surface area contributed by atoms with Crippen LogP contribution >= 0.6 is 45.9 Å². The molecule has 0 unspecified atom stereocenters. The number of fused-ring (bicyclic) bond motifs is 1. The van der Waals surface area contributed by atoms with Gasteiger partial charge in [0.15, 0.2) is 0 Å². The van der Waals surface area contributed by atoms with Crippen LogP contribution in [0.1, 0.15) is 10.4 Å². The summed E-state index contributed by atoms with van der Waals surface area (Å²) in [4.78, 5) is 12.2. The zero-order valence-electron chi connectivity index (χ0n) is 9.93. The van der Waals surface area contributed by atoms with Crippen LogP contribution in [0.2, 0.25) is 5.02 Å². The van der Waals surface area contributed by atoms with Crippen LogP contribution in [-0.2, 0) is 0 Å². The monoisotopic (exact) mass is 415 g/mol. The van der Waals surface area contributed by atoms with Gasteiger partial charge in [-0.3, -0.25) is 4.79 Å². The first-order valence-corrected chi connectivity index (χ1v) is 7.81. The first kappa shape index (κ1) is 13.7. The van der Waals surface area contributed by atoms with E-state index in [0.29, 0.717) is 21.8 Å². The molecule has 7 heteroatoms. The zero-order valence-corrected chi connectivity index (χ0v) is 13.7. The molecular formula is C13H7ClIN3OS. The van der Waals surface area contributed by atoms with E-state index in [0.717, 1.165) is 20.8 Å². The molecule has 1 amide bonds. The maximum Gasteiger partial charge on any atom is 0.255 e. The fourth-order valence-corrected chi connectivity index (χ4v) is 2.83. The normalized spacial score (nSPS) is 10.7. The summed E-state index contributed by atoms with van der Waals surface area (Å²) in [5.41, 5.74) is 2.40. The summed E-state index contributed by atoms with van der Waals surface area (Å²) in [6.45, 7) is 0. The van der Waals surface area contributed by atoms with Gasteiger partial charge < -0.3 is 5.32 Å². The molecule has 0 radical (unpaired) electrons. The number of aromatic nitrogens is 2. The number of benzene rings is 2.